The van der Waals surface area contributed by atoms with Crippen molar-refractivity contribution in [2.45, 2.75) is 64.8 Å². The lowest BCUT2D eigenvalue weighted by atomic mass is 9.44. The van der Waals surface area contributed by atoms with Gasteiger partial charge in [0.1, 0.15) is 6.04 Å². The molecule has 4 nitrogen and oxygen atoms in total. The van der Waals surface area contributed by atoms with Crippen LogP contribution in [-0.2, 0) is 9.59 Å². The van der Waals surface area contributed by atoms with Gasteiger partial charge in [-0.05, 0) is 62.2 Å². The number of carboxylic acid groups (broad SMARTS) is 1. The molecule has 4 aliphatic rings. The Morgan fingerprint density at radius 2 is 1.85 bits per heavy atom. The Kier molecular flexibility index (Phi) is 3.11. The van der Waals surface area contributed by atoms with Crippen molar-refractivity contribution in [3.8, 4) is 0 Å². The summed E-state index contributed by atoms with van der Waals surface area (Å²) in [5.74, 6) is 0.442. The molecule has 112 valence electrons. The highest BCUT2D eigenvalue weighted by Crippen LogP contribution is 2.65. The maximum absolute atomic E-state index is 12.7. The number of amides is 1. The summed E-state index contributed by atoms with van der Waals surface area (Å²) in [6.07, 6.45) is 7.14. The fraction of sp³-hybridized carbons (Fsp3) is 0.875. The van der Waals surface area contributed by atoms with Gasteiger partial charge >= 0.3 is 5.97 Å². The molecule has 0 aromatic heterocycles. The van der Waals surface area contributed by atoms with Crippen LogP contribution in [0, 0.1) is 22.7 Å². The van der Waals surface area contributed by atoms with Gasteiger partial charge in [0.05, 0.1) is 5.41 Å². The maximum atomic E-state index is 12.7. The van der Waals surface area contributed by atoms with E-state index in [2.05, 4.69) is 12.2 Å². The Balaban J connectivity index is 1.79. The summed E-state index contributed by atoms with van der Waals surface area (Å²) in [7, 11) is 0. The summed E-state index contributed by atoms with van der Waals surface area (Å²) < 4.78 is 0. The van der Waals surface area contributed by atoms with Gasteiger partial charge in [0, 0.05) is 0 Å². The van der Waals surface area contributed by atoms with E-state index in [1.165, 1.54) is 19.3 Å². The molecule has 4 heteroatoms. The van der Waals surface area contributed by atoms with Gasteiger partial charge in [-0.2, -0.15) is 0 Å². The molecule has 4 fully saturated rings. The largest absolute Gasteiger partial charge is 0.480 e. The zero-order valence-corrected chi connectivity index (χ0v) is 12.4. The van der Waals surface area contributed by atoms with Crippen molar-refractivity contribution in [3.63, 3.8) is 0 Å². The minimum absolute atomic E-state index is 0.00655. The van der Waals surface area contributed by atoms with Crippen LogP contribution in [0.15, 0.2) is 0 Å². The number of carboxylic acids is 1. The van der Waals surface area contributed by atoms with E-state index in [1.807, 2.05) is 0 Å². The summed E-state index contributed by atoms with van der Waals surface area (Å²) in [6, 6.07) is -0.733. The topological polar surface area (TPSA) is 66.4 Å². The highest BCUT2D eigenvalue weighted by Gasteiger charge is 2.59. The third-order valence-electron chi connectivity index (χ3n) is 5.85. The van der Waals surface area contributed by atoms with Gasteiger partial charge in [-0.1, -0.05) is 13.8 Å². The molecule has 4 bridgehead atoms. The zero-order chi connectivity index (χ0) is 14.5. The Morgan fingerprint density at radius 1 is 1.25 bits per heavy atom. The first kappa shape index (κ1) is 13.9. The fourth-order valence-electron chi connectivity index (χ4n) is 5.64. The van der Waals surface area contributed by atoms with Crippen LogP contribution >= 0.6 is 0 Å². The van der Waals surface area contributed by atoms with Gasteiger partial charge in [-0.15, -0.1) is 0 Å². The Morgan fingerprint density at radius 3 is 2.30 bits per heavy atom. The van der Waals surface area contributed by atoms with Gasteiger partial charge in [0.25, 0.3) is 0 Å². The average molecular weight is 279 g/mol. The molecule has 20 heavy (non-hydrogen) atoms. The second-order valence-electron chi connectivity index (χ2n) is 7.82. The minimum atomic E-state index is -0.920. The molecule has 0 heterocycles. The molecule has 0 aliphatic heterocycles. The number of nitrogens with one attached hydrogen (secondary N) is 1. The van der Waals surface area contributed by atoms with Crippen LogP contribution in [0.2, 0.25) is 0 Å². The number of carbonyl (C=O) groups excluding carboxylic acids is 1. The minimum Gasteiger partial charge on any atom is -0.480 e. The molecule has 3 unspecified atom stereocenters. The summed E-state index contributed by atoms with van der Waals surface area (Å²) >= 11 is 0. The van der Waals surface area contributed by atoms with E-state index in [4.69, 9.17) is 5.11 Å². The monoisotopic (exact) mass is 279 g/mol. The molecule has 0 aromatic carbocycles. The summed E-state index contributed by atoms with van der Waals surface area (Å²) in [6.45, 7) is 4.13. The lowest BCUT2D eigenvalue weighted by Crippen LogP contribution is -2.58. The molecular weight excluding hydrogens is 254 g/mol. The van der Waals surface area contributed by atoms with Crippen molar-refractivity contribution in [2.75, 3.05) is 0 Å². The summed E-state index contributed by atoms with van der Waals surface area (Å²) in [5, 5.41) is 11.9. The third kappa shape index (κ3) is 2.13. The SMILES string of the molecule is CCC(NC(=O)C12CC3CC(CC(C)(C3)C1)C2)C(=O)O. The van der Waals surface area contributed by atoms with E-state index >= 15 is 0 Å². The summed E-state index contributed by atoms with van der Waals surface area (Å²) in [5.41, 5.74) is 0.0358. The van der Waals surface area contributed by atoms with E-state index in [0.717, 1.165) is 19.3 Å². The first-order valence-corrected chi connectivity index (χ1v) is 7.90. The second kappa shape index (κ2) is 4.47. The van der Waals surface area contributed by atoms with Crippen LogP contribution in [0.4, 0.5) is 0 Å². The predicted octanol–water partition coefficient (Wildman–Crippen LogP) is 2.57. The number of hydrogen-bond acceptors (Lipinski definition) is 2. The molecular formula is C16H25NO3. The van der Waals surface area contributed by atoms with Gasteiger partial charge in [-0.3, -0.25) is 4.79 Å². The number of carbonyl (C=O) groups is 2. The number of rotatable bonds is 4. The predicted molar refractivity (Wildman–Crippen MR) is 75.1 cm³/mol. The highest BCUT2D eigenvalue weighted by atomic mass is 16.4. The standard InChI is InChI=1S/C16H25NO3/c1-3-12(13(18)19)17-14(20)16-7-10-4-11(8-16)6-15(2,5-10)9-16/h10-12H,3-9H2,1-2H3,(H,17,20)(H,18,19). The third-order valence-corrected chi connectivity index (χ3v) is 5.85. The van der Waals surface area contributed by atoms with Gasteiger partial charge in [0.2, 0.25) is 5.91 Å². The summed E-state index contributed by atoms with van der Waals surface area (Å²) in [4.78, 5) is 23.9. The van der Waals surface area contributed by atoms with Crippen molar-refractivity contribution >= 4 is 11.9 Å². The Hall–Kier alpha value is -1.06. The molecule has 3 atom stereocenters. The van der Waals surface area contributed by atoms with Crippen molar-refractivity contribution in [1.29, 1.82) is 0 Å². The molecule has 0 saturated heterocycles. The van der Waals surface area contributed by atoms with E-state index in [1.54, 1.807) is 6.92 Å². The Bertz CT molecular complexity index is 431. The van der Waals surface area contributed by atoms with Gasteiger partial charge in [-0.25, -0.2) is 4.79 Å². The maximum Gasteiger partial charge on any atom is 0.326 e. The van der Waals surface area contributed by atoms with Crippen LogP contribution < -0.4 is 5.32 Å². The van der Waals surface area contributed by atoms with Gasteiger partial charge in [0.15, 0.2) is 0 Å². The lowest BCUT2D eigenvalue weighted by Gasteiger charge is -2.60. The van der Waals surface area contributed by atoms with Crippen molar-refractivity contribution in [1.82, 2.24) is 5.32 Å². The van der Waals surface area contributed by atoms with Gasteiger partial charge < -0.3 is 10.4 Å². The number of aliphatic carboxylic acids is 1. The quantitative estimate of drug-likeness (QED) is 0.831. The fourth-order valence-corrected chi connectivity index (χ4v) is 5.64. The lowest BCUT2D eigenvalue weighted by molar-refractivity contribution is -0.158. The van der Waals surface area contributed by atoms with E-state index < -0.39 is 12.0 Å². The number of hydrogen-bond donors (Lipinski definition) is 2. The average Bonchev–Trinajstić information content (AvgIpc) is 2.31. The first-order valence-electron chi connectivity index (χ1n) is 7.90. The molecule has 0 spiro atoms. The zero-order valence-electron chi connectivity index (χ0n) is 12.4. The van der Waals surface area contributed by atoms with Crippen LogP contribution in [-0.4, -0.2) is 23.0 Å². The highest BCUT2D eigenvalue weighted by molar-refractivity contribution is 5.87. The van der Waals surface area contributed by atoms with Crippen LogP contribution in [0.25, 0.3) is 0 Å². The van der Waals surface area contributed by atoms with Crippen LogP contribution in [0.5, 0.6) is 0 Å². The van der Waals surface area contributed by atoms with E-state index in [-0.39, 0.29) is 11.3 Å². The molecule has 4 saturated carbocycles. The van der Waals surface area contributed by atoms with E-state index in [9.17, 15) is 9.59 Å². The molecule has 0 radical (unpaired) electrons. The van der Waals surface area contributed by atoms with Crippen LogP contribution in [0.3, 0.4) is 0 Å². The second-order valence-corrected chi connectivity index (χ2v) is 7.82. The smallest absolute Gasteiger partial charge is 0.326 e. The van der Waals surface area contributed by atoms with Crippen molar-refractivity contribution < 1.29 is 14.7 Å². The molecule has 4 rings (SSSR count). The van der Waals surface area contributed by atoms with Crippen LogP contribution in [0.1, 0.15) is 58.8 Å². The molecule has 2 N–H and O–H groups in total. The van der Waals surface area contributed by atoms with Crippen molar-refractivity contribution in [3.05, 3.63) is 0 Å². The molecule has 0 aromatic rings. The van der Waals surface area contributed by atoms with E-state index in [0.29, 0.717) is 23.7 Å². The molecule has 1 amide bonds. The molecule has 4 aliphatic carbocycles. The normalized spacial score (nSPS) is 43.3. The first-order chi connectivity index (χ1) is 9.36. The Labute approximate surface area is 120 Å². The van der Waals surface area contributed by atoms with Crippen molar-refractivity contribution in [2.24, 2.45) is 22.7 Å².